The Morgan fingerprint density at radius 1 is 1.25 bits per heavy atom. The van der Waals surface area contributed by atoms with Crippen molar-refractivity contribution in [2.45, 2.75) is 19.3 Å². The Kier molecular flexibility index (Phi) is 1.96. The molecule has 1 aromatic carbocycles. The molecule has 2 heteroatoms. The van der Waals surface area contributed by atoms with E-state index in [9.17, 15) is 0 Å². The molecule has 0 spiro atoms. The van der Waals surface area contributed by atoms with Gasteiger partial charge in [-0.15, -0.1) is 0 Å². The van der Waals surface area contributed by atoms with E-state index in [1.165, 1.54) is 22.4 Å². The molecule has 0 saturated heterocycles. The van der Waals surface area contributed by atoms with E-state index in [1.54, 1.807) is 6.20 Å². The summed E-state index contributed by atoms with van der Waals surface area (Å²) in [7, 11) is 0. The molecule has 0 saturated carbocycles. The number of benzene rings is 1. The van der Waals surface area contributed by atoms with Crippen LogP contribution in [-0.4, -0.2) is 4.98 Å². The summed E-state index contributed by atoms with van der Waals surface area (Å²) in [6, 6.07) is 10.6. The van der Waals surface area contributed by atoms with Crippen LogP contribution in [0.15, 0.2) is 36.5 Å². The third kappa shape index (κ3) is 1.16. The van der Waals surface area contributed by atoms with Crippen LogP contribution < -0.4 is 5.73 Å². The van der Waals surface area contributed by atoms with E-state index in [2.05, 4.69) is 36.2 Å². The van der Waals surface area contributed by atoms with E-state index in [-0.39, 0.29) is 0 Å². The smallest absolute Gasteiger partial charge is 0.0558 e. The van der Waals surface area contributed by atoms with Crippen molar-refractivity contribution in [3.8, 4) is 11.1 Å². The fourth-order valence-electron chi connectivity index (χ4n) is 2.59. The van der Waals surface area contributed by atoms with E-state index in [0.29, 0.717) is 5.92 Å². The van der Waals surface area contributed by atoms with Gasteiger partial charge >= 0.3 is 0 Å². The van der Waals surface area contributed by atoms with Gasteiger partial charge in [-0.1, -0.05) is 31.2 Å². The Morgan fingerprint density at radius 3 is 2.88 bits per heavy atom. The molecule has 0 bridgehead atoms. The van der Waals surface area contributed by atoms with Gasteiger partial charge in [0.25, 0.3) is 0 Å². The fourth-order valence-corrected chi connectivity index (χ4v) is 2.59. The van der Waals surface area contributed by atoms with E-state index < -0.39 is 0 Å². The Morgan fingerprint density at radius 2 is 2.06 bits per heavy atom. The molecule has 2 nitrogen and oxygen atoms in total. The maximum absolute atomic E-state index is 5.81. The van der Waals surface area contributed by atoms with Gasteiger partial charge in [0.15, 0.2) is 0 Å². The topological polar surface area (TPSA) is 38.9 Å². The minimum atomic E-state index is 0.437. The van der Waals surface area contributed by atoms with Gasteiger partial charge in [0.2, 0.25) is 0 Å². The lowest BCUT2D eigenvalue weighted by Crippen LogP contribution is -1.97. The molecule has 0 radical (unpaired) electrons. The fraction of sp³-hybridized carbons (Fsp3) is 0.214. The number of fused-ring (bicyclic) bond motifs is 3. The normalized spacial score (nSPS) is 16.9. The highest BCUT2D eigenvalue weighted by molar-refractivity contribution is 5.79. The van der Waals surface area contributed by atoms with E-state index in [4.69, 9.17) is 5.73 Å². The number of aromatic nitrogens is 1. The Hall–Kier alpha value is -1.83. The van der Waals surface area contributed by atoms with E-state index in [1.807, 2.05) is 6.07 Å². The number of nitrogen functional groups attached to an aromatic ring is 1. The zero-order valence-corrected chi connectivity index (χ0v) is 9.27. The largest absolute Gasteiger partial charge is 0.397 e. The summed E-state index contributed by atoms with van der Waals surface area (Å²) >= 11 is 0. The summed E-state index contributed by atoms with van der Waals surface area (Å²) in [6.07, 6.45) is 2.84. The number of hydrogen-bond donors (Lipinski definition) is 1. The number of nitrogens with two attached hydrogens (primary N) is 1. The zero-order chi connectivity index (χ0) is 11.1. The Labute approximate surface area is 95.1 Å². The minimum Gasteiger partial charge on any atom is -0.397 e. The monoisotopic (exact) mass is 210 g/mol. The van der Waals surface area contributed by atoms with Crippen LogP contribution in [0.25, 0.3) is 11.1 Å². The summed E-state index contributed by atoms with van der Waals surface area (Å²) in [5, 5.41) is 0. The predicted octanol–water partition coefficient (Wildman–Crippen LogP) is 3.19. The first-order valence-electron chi connectivity index (χ1n) is 5.66. The van der Waals surface area contributed by atoms with Crippen LogP contribution in [0.1, 0.15) is 30.5 Å². The summed E-state index contributed by atoms with van der Waals surface area (Å²) in [5.74, 6) is 0.437. The van der Waals surface area contributed by atoms with Crippen molar-refractivity contribution in [1.29, 1.82) is 0 Å². The van der Waals surface area contributed by atoms with E-state index in [0.717, 1.165) is 12.1 Å². The molecule has 3 rings (SSSR count). The van der Waals surface area contributed by atoms with Gasteiger partial charge in [-0.05, 0) is 23.6 Å². The molecule has 1 aliphatic rings. The van der Waals surface area contributed by atoms with Crippen molar-refractivity contribution in [3.63, 3.8) is 0 Å². The standard InChI is InChI=1S/C14H14N2/c1-2-10-11-5-3-4-6-12(11)13-7-9(15)8-16-14(10)13/h3-8,10H,2,15H2,1H3. The van der Waals surface area contributed by atoms with Crippen LogP contribution >= 0.6 is 0 Å². The zero-order valence-electron chi connectivity index (χ0n) is 9.27. The lowest BCUT2D eigenvalue weighted by Gasteiger charge is -2.08. The molecule has 1 unspecified atom stereocenters. The van der Waals surface area contributed by atoms with Crippen LogP contribution in [-0.2, 0) is 0 Å². The van der Waals surface area contributed by atoms with Crippen LogP contribution in [0, 0.1) is 0 Å². The van der Waals surface area contributed by atoms with Crippen molar-refractivity contribution < 1.29 is 0 Å². The van der Waals surface area contributed by atoms with Crippen LogP contribution in [0.5, 0.6) is 0 Å². The molecule has 1 heterocycles. The molecule has 80 valence electrons. The summed E-state index contributed by atoms with van der Waals surface area (Å²) in [4.78, 5) is 4.50. The first-order chi connectivity index (χ1) is 7.81. The lowest BCUT2D eigenvalue weighted by molar-refractivity contribution is 0.771. The average molecular weight is 210 g/mol. The molecule has 0 fully saturated rings. The second-order valence-corrected chi connectivity index (χ2v) is 4.25. The van der Waals surface area contributed by atoms with Crippen molar-refractivity contribution in [1.82, 2.24) is 4.98 Å². The molecule has 0 amide bonds. The van der Waals surface area contributed by atoms with Gasteiger partial charge in [-0.2, -0.15) is 0 Å². The van der Waals surface area contributed by atoms with Gasteiger partial charge in [0, 0.05) is 11.5 Å². The van der Waals surface area contributed by atoms with Crippen molar-refractivity contribution in [2.24, 2.45) is 0 Å². The SMILES string of the molecule is CCC1c2ccccc2-c2cc(N)cnc21. The average Bonchev–Trinajstić information content (AvgIpc) is 2.62. The van der Waals surface area contributed by atoms with Gasteiger partial charge in [0.1, 0.15) is 0 Å². The van der Waals surface area contributed by atoms with Gasteiger partial charge < -0.3 is 5.73 Å². The third-order valence-corrected chi connectivity index (χ3v) is 3.30. The Balaban J connectivity index is 2.30. The molecule has 2 N–H and O–H groups in total. The number of nitrogens with zero attached hydrogens (tertiary/aromatic N) is 1. The van der Waals surface area contributed by atoms with Gasteiger partial charge in [-0.25, -0.2) is 0 Å². The van der Waals surface area contributed by atoms with Gasteiger partial charge in [-0.3, -0.25) is 4.98 Å². The molecular weight excluding hydrogens is 196 g/mol. The second-order valence-electron chi connectivity index (χ2n) is 4.25. The van der Waals surface area contributed by atoms with Crippen molar-refractivity contribution in [2.75, 3.05) is 5.73 Å². The predicted molar refractivity (Wildman–Crippen MR) is 66.2 cm³/mol. The molecule has 2 aromatic rings. The minimum absolute atomic E-state index is 0.437. The molecular formula is C14H14N2. The second kappa shape index (κ2) is 3.34. The number of pyridine rings is 1. The highest BCUT2D eigenvalue weighted by atomic mass is 14.7. The van der Waals surface area contributed by atoms with Crippen molar-refractivity contribution >= 4 is 5.69 Å². The molecule has 0 aliphatic heterocycles. The Bertz CT molecular complexity index is 546. The molecule has 16 heavy (non-hydrogen) atoms. The summed E-state index contributed by atoms with van der Waals surface area (Å²) < 4.78 is 0. The highest BCUT2D eigenvalue weighted by Gasteiger charge is 2.28. The lowest BCUT2D eigenvalue weighted by atomic mass is 9.98. The summed E-state index contributed by atoms with van der Waals surface area (Å²) in [6.45, 7) is 2.20. The van der Waals surface area contributed by atoms with E-state index >= 15 is 0 Å². The van der Waals surface area contributed by atoms with Gasteiger partial charge in [0.05, 0.1) is 17.6 Å². The third-order valence-electron chi connectivity index (χ3n) is 3.30. The van der Waals surface area contributed by atoms with Crippen LogP contribution in [0.4, 0.5) is 5.69 Å². The first-order valence-corrected chi connectivity index (χ1v) is 5.66. The number of hydrogen-bond acceptors (Lipinski definition) is 2. The first kappa shape index (κ1) is 9.40. The van der Waals surface area contributed by atoms with Crippen LogP contribution in [0.3, 0.4) is 0 Å². The number of anilines is 1. The van der Waals surface area contributed by atoms with Crippen molar-refractivity contribution in [3.05, 3.63) is 47.8 Å². The molecule has 1 aromatic heterocycles. The molecule has 1 atom stereocenters. The quantitative estimate of drug-likeness (QED) is 0.785. The van der Waals surface area contributed by atoms with Crippen LogP contribution in [0.2, 0.25) is 0 Å². The summed E-state index contributed by atoms with van der Waals surface area (Å²) in [5.41, 5.74) is 11.6. The highest BCUT2D eigenvalue weighted by Crippen LogP contribution is 2.45. The number of rotatable bonds is 1. The maximum Gasteiger partial charge on any atom is 0.0558 e. The maximum atomic E-state index is 5.81. The molecule has 1 aliphatic carbocycles.